The third kappa shape index (κ3) is 3.67. The van der Waals surface area contributed by atoms with E-state index in [2.05, 4.69) is 4.74 Å². The van der Waals surface area contributed by atoms with Crippen molar-refractivity contribution in [3.63, 3.8) is 0 Å². The summed E-state index contributed by atoms with van der Waals surface area (Å²) in [5.41, 5.74) is 5.76. The monoisotopic (exact) mass is 249 g/mol. The fourth-order valence-electron chi connectivity index (χ4n) is 1.19. The van der Waals surface area contributed by atoms with Crippen LogP contribution in [0.25, 0.3) is 0 Å². The molecule has 0 saturated carbocycles. The van der Waals surface area contributed by atoms with E-state index in [0.29, 0.717) is 0 Å². The summed E-state index contributed by atoms with van der Waals surface area (Å²) in [6.45, 7) is 0. The van der Waals surface area contributed by atoms with Crippen LogP contribution in [0.1, 0.15) is 5.56 Å². The minimum Gasteiger partial charge on any atom is -0.508 e. The zero-order chi connectivity index (χ0) is 11.4. The number of benzene rings is 1. The first-order valence-electron chi connectivity index (χ1n) is 4.35. The number of phenols is 1. The van der Waals surface area contributed by atoms with Crippen molar-refractivity contribution in [2.45, 2.75) is 12.5 Å². The van der Waals surface area contributed by atoms with E-state index < -0.39 is 17.8 Å². The molecule has 0 aliphatic carbocycles. The zero-order valence-electron chi connectivity index (χ0n) is 8.64. The molecule has 0 aliphatic rings. The smallest absolute Gasteiger partial charge is 0.322 e. The summed E-state index contributed by atoms with van der Waals surface area (Å²) in [4.78, 5) is 11.0. The van der Waals surface area contributed by atoms with Crippen LogP contribution in [-0.4, -0.2) is 24.2 Å². The molecule has 0 unspecified atom stereocenters. The fourth-order valence-corrected chi connectivity index (χ4v) is 1.19. The molecule has 16 heavy (non-hydrogen) atoms. The van der Waals surface area contributed by atoms with Gasteiger partial charge in [-0.05, 0) is 23.8 Å². The number of nitrogens with two attached hydrogens (primary N) is 1. The van der Waals surface area contributed by atoms with Gasteiger partial charge in [-0.25, -0.2) is 4.39 Å². The van der Waals surface area contributed by atoms with Crippen molar-refractivity contribution >= 4 is 18.4 Å². The maximum Gasteiger partial charge on any atom is 0.322 e. The van der Waals surface area contributed by atoms with Gasteiger partial charge < -0.3 is 15.6 Å². The van der Waals surface area contributed by atoms with Crippen LogP contribution in [0.2, 0.25) is 0 Å². The Kier molecular flexibility index (Phi) is 5.77. The highest BCUT2D eigenvalue weighted by Crippen LogP contribution is 2.19. The molecule has 0 spiro atoms. The number of esters is 1. The summed E-state index contributed by atoms with van der Waals surface area (Å²) in [7, 11) is 1.22. The van der Waals surface area contributed by atoms with Gasteiger partial charge in [0.05, 0.1) is 7.11 Å². The second-order valence-electron chi connectivity index (χ2n) is 3.11. The Hall–Kier alpha value is -1.33. The van der Waals surface area contributed by atoms with Crippen LogP contribution in [0.15, 0.2) is 18.2 Å². The molecule has 0 amide bonds. The normalized spacial score (nSPS) is 11.4. The molecule has 3 N–H and O–H groups in total. The SMILES string of the molecule is COC(=O)[C@@H](N)Cc1cc(F)ccc1O.Cl. The Morgan fingerprint density at radius 1 is 1.62 bits per heavy atom. The minimum absolute atomic E-state index is 0. The summed E-state index contributed by atoms with van der Waals surface area (Å²) in [5, 5.41) is 9.36. The van der Waals surface area contributed by atoms with Crippen LogP contribution >= 0.6 is 12.4 Å². The number of hydrogen-bond acceptors (Lipinski definition) is 4. The Balaban J connectivity index is 0.00000225. The number of halogens is 2. The molecule has 0 radical (unpaired) electrons. The standard InChI is InChI=1S/C10H12FNO3.ClH/c1-15-10(14)8(12)5-6-4-7(11)2-3-9(6)13;/h2-4,8,13H,5,12H2,1H3;1H/t8-;/m0./s1. The van der Waals surface area contributed by atoms with Crippen LogP contribution in [0.3, 0.4) is 0 Å². The van der Waals surface area contributed by atoms with Crippen LogP contribution < -0.4 is 5.73 Å². The number of aromatic hydroxyl groups is 1. The number of carbonyl (C=O) groups excluding carboxylic acids is 1. The molecule has 1 atom stereocenters. The Bertz CT molecular complexity index is 373. The van der Waals surface area contributed by atoms with Gasteiger partial charge in [0.15, 0.2) is 0 Å². The molecule has 0 aromatic heterocycles. The van der Waals surface area contributed by atoms with E-state index in [1.807, 2.05) is 0 Å². The van der Waals surface area contributed by atoms with Gasteiger partial charge in [0.2, 0.25) is 0 Å². The first kappa shape index (κ1) is 14.7. The quantitative estimate of drug-likeness (QED) is 0.784. The van der Waals surface area contributed by atoms with Crippen molar-refractivity contribution in [3.05, 3.63) is 29.6 Å². The summed E-state index contributed by atoms with van der Waals surface area (Å²) in [6.07, 6.45) is 0.0380. The van der Waals surface area contributed by atoms with Crippen LogP contribution in [0.4, 0.5) is 4.39 Å². The van der Waals surface area contributed by atoms with E-state index in [0.717, 1.165) is 12.1 Å². The van der Waals surface area contributed by atoms with E-state index in [4.69, 9.17) is 5.73 Å². The molecular weight excluding hydrogens is 237 g/mol. The number of hydrogen-bond donors (Lipinski definition) is 2. The van der Waals surface area contributed by atoms with E-state index in [-0.39, 0.29) is 30.1 Å². The van der Waals surface area contributed by atoms with Gasteiger partial charge in [-0.15, -0.1) is 12.4 Å². The lowest BCUT2D eigenvalue weighted by Crippen LogP contribution is -2.33. The highest BCUT2D eigenvalue weighted by Gasteiger charge is 2.16. The molecule has 0 bridgehead atoms. The van der Waals surface area contributed by atoms with E-state index >= 15 is 0 Å². The molecule has 90 valence electrons. The van der Waals surface area contributed by atoms with Crippen LogP contribution in [0, 0.1) is 5.82 Å². The highest BCUT2D eigenvalue weighted by molar-refractivity contribution is 5.85. The molecule has 4 nitrogen and oxygen atoms in total. The third-order valence-electron chi connectivity index (χ3n) is 1.99. The van der Waals surface area contributed by atoms with Gasteiger partial charge in [0.25, 0.3) is 0 Å². The maximum absolute atomic E-state index is 12.8. The Morgan fingerprint density at radius 3 is 2.81 bits per heavy atom. The zero-order valence-corrected chi connectivity index (χ0v) is 9.46. The number of rotatable bonds is 3. The van der Waals surface area contributed by atoms with Crippen molar-refractivity contribution in [3.8, 4) is 5.75 Å². The minimum atomic E-state index is -0.900. The third-order valence-corrected chi connectivity index (χ3v) is 1.99. The lowest BCUT2D eigenvalue weighted by Gasteiger charge is -2.10. The Morgan fingerprint density at radius 2 is 2.25 bits per heavy atom. The van der Waals surface area contributed by atoms with Crippen molar-refractivity contribution < 1.29 is 19.0 Å². The van der Waals surface area contributed by atoms with Crippen LogP contribution in [0.5, 0.6) is 5.75 Å². The summed E-state index contributed by atoms with van der Waals surface area (Å²) in [5.74, 6) is -1.17. The number of ether oxygens (including phenoxy) is 1. The molecular formula is C10H13ClFNO3. The lowest BCUT2D eigenvalue weighted by molar-refractivity contribution is -0.142. The summed E-state index contributed by atoms with van der Waals surface area (Å²) < 4.78 is 17.2. The van der Waals surface area contributed by atoms with Crippen molar-refractivity contribution in [1.29, 1.82) is 0 Å². The van der Waals surface area contributed by atoms with Gasteiger partial charge in [-0.1, -0.05) is 0 Å². The second-order valence-corrected chi connectivity index (χ2v) is 3.11. The number of methoxy groups -OCH3 is 1. The van der Waals surface area contributed by atoms with Crippen molar-refractivity contribution in [2.75, 3.05) is 7.11 Å². The highest BCUT2D eigenvalue weighted by atomic mass is 35.5. The predicted molar refractivity (Wildman–Crippen MR) is 59.0 cm³/mol. The topological polar surface area (TPSA) is 72.5 Å². The van der Waals surface area contributed by atoms with E-state index in [9.17, 15) is 14.3 Å². The van der Waals surface area contributed by atoms with Gasteiger partial charge in [-0.3, -0.25) is 4.79 Å². The molecule has 6 heteroatoms. The maximum atomic E-state index is 12.8. The largest absolute Gasteiger partial charge is 0.508 e. The van der Waals surface area contributed by atoms with Gasteiger partial charge in [0.1, 0.15) is 17.6 Å². The molecule has 0 heterocycles. The van der Waals surface area contributed by atoms with Crippen molar-refractivity contribution in [2.24, 2.45) is 5.73 Å². The average Bonchev–Trinajstić information content (AvgIpc) is 2.22. The number of phenolic OH excluding ortho intramolecular Hbond substituents is 1. The average molecular weight is 250 g/mol. The van der Waals surface area contributed by atoms with Crippen LogP contribution in [-0.2, 0) is 16.0 Å². The summed E-state index contributed by atoms with van der Waals surface area (Å²) in [6, 6.07) is 2.58. The van der Waals surface area contributed by atoms with E-state index in [1.165, 1.54) is 13.2 Å². The van der Waals surface area contributed by atoms with E-state index in [1.54, 1.807) is 0 Å². The first-order valence-corrected chi connectivity index (χ1v) is 4.35. The fraction of sp³-hybridized carbons (Fsp3) is 0.300. The molecule has 0 fully saturated rings. The van der Waals surface area contributed by atoms with Gasteiger partial charge >= 0.3 is 5.97 Å². The van der Waals surface area contributed by atoms with Gasteiger partial charge in [0, 0.05) is 6.42 Å². The first-order chi connectivity index (χ1) is 7.04. The molecule has 1 aromatic carbocycles. The molecule has 0 saturated heterocycles. The molecule has 0 aliphatic heterocycles. The van der Waals surface area contributed by atoms with Gasteiger partial charge in [-0.2, -0.15) is 0 Å². The van der Waals surface area contributed by atoms with Crippen molar-refractivity contribution in [1.82, 2.24) is 0 Å². The second kappa shape index (κ2) is 6.30. The Labute approximate surface area is 98.6 Å². The number of carbonyl (C=O) groups is 1. The lowest BCUT2D eigenvalue weighted by atomic mass is 10.1. The molecule has 1 aromatic rings. The summed E-state index contributed by atoms with van der Waals surface area (Å²) >= 11 is 0. The predicted octanol–water partition coefficient (Wildman–Crippen LogP) is 0.996. The molecule has 1 rings (SSSR count).